The number of aromatic nitrogens is 5. The highest BCUT2D eigenvalue weighted by molar-refractivity contribution is 5.97. The lowest BCUT2D eigenvalue weighted by Crippen LogP contribution is -2.47. The topological polar surface area (TPSA) is 100 Å². The van der Waals surface area contributed by atoms with Crippen LogP contribution in [0.25, 0.3) is 27.7 Å². The van der Waals surface area contributed by atoms with Crippen molar-refractivity contribution in [1.29, 1.82) is 0 Å². The second kappa shape index (κ2) is 7.63. The zero-order chi connectivity index (χ0) is 19.6. The van der Waals surface area contributed by atoms with Crippen molar-refractivity contribution in [2.45, 2.75) is 31.7 Å². The van der Waals surface area contributed by atoms with Crippen LogP contribution < -0.4 is 10.6 Å². The van der Waals surface area contributed by atoms with Crippen LogP contribution in [0.4, 0.5) is 0 Å². The Morgan fingerprint density at radius 1 is 1.21 bits per heavy atom. The van der Waals surface area contributed by atoms with Gasteiger partial charge in [-0.3, -0.25) is 4.79 Å². The molecule has 3 N–H and O–H groups in total. The highest BCUT2D eigenvalue weighted by atomic mass is 16.2. The van der Waals surface area contributed by atoms with Gasteiger partial charge < -0.3 is 15.6 Å². The molecule has 0 radical (unpaired) electrons. The van der Waals surface area contributed by atoms with Gasteiger partial charge in [0.15, 0.2) is 0 Å². The Morgan fingerprint density at radius 3 is 3.07 bits per heavy atom. The lowest BCUT2D eigenvalue weighted by Gasteiger charge is -2.22. The number of hydrogen-bond donors (Lipinski definition) is 3. The van der Waals surface area contributed by atoms with Crippen LogP contribution in [0.15, 0.2) is 42.9 Å². The molecule has 0 aliphatic carbocycles. The number of H-pyrrole nitrogens is 1. The van der Waals surface area contributed by atoms with Gasteiger partial charge >= 0.3 is 0 Å². The van der Waals surface area contributed by atoms with Gasteiger partial charge in [0, 0.05) is 42.0 Å². The van der Waals surface area contributed by atoms with Crippen LogP contribution in [0.5, 0.6) is 0 Å². The predicted octanol–water partition coefficient (Wildman–Crippen LogP) is 2.07. The Hall–Kier alpha value is -3.26. The molecule has 29 heavy (non-hydrogen) atoms. The predicted molar refractivity (Wildman–Crippen MR) is 110 cm³/mol. The summed E-state index contributed by atoms with van der Waals surface area (Å²) in [5.74, 6) is 0.0958. The minimum atomic E-state index is -0.0519. The fourth-order valence-corrected chi connectivity index (χ4v) is 4.01. The first-order chi connectivity index (χ1) is 14.3. The van der Waals surface area contributed by atoms with Crippen molar-refractivity contribution in [2.75, 3.05) is 13.1 Å². The first-order valence-electron chi connectivity index (χ1n) is 10.1. The molecule has 4 aromatic rings. The van der Waals surface area contributed by atoms with Crippen molar-refractivity contribution < 1.29 is 4.79 Å². The molecule has 4 aromatic heterocycles. The number of carbonyl (C=O) groups excluding carboxylic acids is 1. The second-order valence-electron chi connectivity index (χ2n) is 7.42. The molecule has 1 aliphatic rings. The number of nitrogens with one attached hydrogen (secondary N) is 3. The number of fused-ring (bicyclic) bond motifs is 2. The molecule has 0 spiro atoms. The maximum absolute atomic E-state index is 12.3. The van der Waals surface area contributed by atoms with Crippen LogP contribution >= 0.6 is 0 Å². The molecule has 8 nitrogen and oxygen atoms in total. The van der Waals surface area contributed by atoms with E-state index in [1.807, 2.05) is 24.4 Å². The van der Waals surface area contributed by atoms with Gasteiger partial charge in [0.1, 0.15) is 5.65 Å². The third-order valence-electron chi connectivity index (χ3n) is 5.50. The molecular weight excluding hydrogens is 366 g/mol. The summed E-state index contributed by atoms with van der Waals surface area (Å²) in [6, 6.07) is 7.97. The fourth-order valence-electron chi connectivity index (χ4n) is 4.01. The van der Waals surface area contributed by atoms with Crippen LogP contribution in [0.1, 0.15) is 25.0 Å². The average molecular weight is 389 g/mol. The van der Waals surface area contributed by atoms with E-state index in [1.54, 1.807) is 17.0 Å². The van der Waals surface area contributed by atoms with E-state index in [9.17, 15) is 4.79 Å². The molecule has 1 aliphatic heterocycles. The second-order valence-corrected chi connectivity index (χ2v) is 7.42. The van der Waals surface area contributed by atoms with Gasteiger partial charge in [0.05, 0.1) is 17.8 Å². The van der Waals surface area contributed by atoms with E-state index in [4.69, 9.17) is 0 Å². The van der Waals surface area contributed by atoms with E-state index in [0.717, 1.165) is 65.6 Å². The van der Waals surface area contributed by atoms with Crippen LogP contribution in [-0.4, -0.2) is 49.8 Å². The Kier molecular flexibility index (Phi) is 4.69. The molecule has 1 atom stereocenters. The Bertz CT molecular complexity index is 1160. The molecule has 1 fully saturated rings. The van der Waals surface area contributed by atoms with Gasteiger partial charge in [0.25, 0.3) is 0 Å². The summed E-state index contributed by atoms with van der Waals surface area (Å²) in [5.41, 5.74) is 4.92. The maximum atomic E-state index is 12.3. The lowest BCUT2D eigenvalue weighted by atomic mass is 10.0. The van der Waals surface area contributed by atoms with Crippen molar-refractivity contribution in [3.8, 4) is 11.1 Å². The Balaban J connectivity index is 1.34. The average Bonchev–Trinajstić information content (AvgIpc) is 3.38. The van der Waals surface area contributed by atoms with Gasteiger partial charge in [-0.05, 0) is 49.2 Å². The number of piperidine rings is 1. The third kappa shape index (κ3) is 3.47. The summed E-state index contributed by atoms with van der Waals surface area (Å²) in [5, 5.41) is 16.0. The van der Waals surface area contributed by atoms with Crippen LogP contribution in [0.3, 0.4) is 0 Å². The first kappa shape index (κ1) is 17.8. The van der Waals surface area contributed by atoms with E-state index in [1.165, 1.54) is 0 Å². The highest BCUT2D eigenvalue weighted by Gasteiger charge is 2.20. The molecule has 1 saturated heterocycles. The van der Waals surface area contributed by atoms with Gasteiger partial charge in [-0.25, -0.2) is 4.98 Å². The van der Waals surface area contributed by atoms with E-state index >= 15 is 0 Å². The molecule has 8 heteroatoms. The van der Waals surface area contributed by atoms with Crippen LogP contribution in [0.2, 0.25) is 0 Å². The summed E-state index contributed by atoms with van der Waals surface area (Å²) in [6.07, 6.45) is 9.26. The summed E-state index contributed by atoms with van der Waals surface area (Å²) in [6.45, 7) is 1.52. The van der Waals surface area contributed by atoms with E-state index in [0.29, 0.717) is 6.54 Å². The van der Waals surface area contributed by atoms with Crippen LogP contribution in [-0.2, 0) is 11.2 Å². The minimum absolute atomic E-state index is 0.0519. The minimum Gasteiger partial charge on any atom is -0.354 e. The highest BCUT2D eigenvalue weighted by Crippen LogP contribution is 2.30. The summed E-state index contributed by atoms with van der Waals surface area (Å²) in [7, 11) is 0. The van der Waals surface area contributed by atoms with Gasteiger partial charge in [-0.2, -0.15) is 14.8 Å². The molecular formula is C21H23N7O. The lowest BCUT2D eigenvalue weighted by molar-refractivity contribution is -0.123. The van der Waals surface area contributed by atoms with Gasteiger partial charge in [-0.1, -0.05) is 6.42 Å². The third-order valence-corrected chi connectivity index (χ3v) is 5.50. The quantitative estimate of drug-likeness (QED) is 0.485. The van der Waals surface area contributed by atoms with Crippen molar-refractivity contribution >= 4 is 22.5 Å². The molecule has 5 rings (SSSR count). The first-order valence-corrected chi connectivity index (χ1v) is 10.1. The van der Waals surface area contributed by atoms with Crippen molar-refractivity contribution in [3.05, 3.63) is 48.5 Å². The molecule has 0 bridgehead atoms. The number of carbonyl (C=O) groups is 1. The number of aromatic amines is 1. The van der Waals surface area contributed by atoms with Gasteiger partial charge in [0.2, 0.25) is 5.91 Å². The van der Waals surface area contributed by atoms with Gasteiger partial charge in [-0.15, -0.1) is 0 Å². The van der Waals surface area contributed by atoms with Crippen molar-refractivity contribution in [2.24, 2.45) is 0 Å². The maximum Gasteiger partial charge on any atom is 0.237 e. The monoisotopic (exact) mass is 389 g/mol. The Morgan fingerprint density at radius 2 is 2.17 bits per heavy atom. The molecule has 148 valence electrons. The van der Waals surface area contributed by atoms with E-state index in [-0.39, 0.29) is 11.9 Å². The molecule has 0 saturated carbocycles. The zero-order valence-corrected chi connectivity index (χ0v) is 16.1. The summed E-state index contributed by atoms with van der Waals surface area (Å²) >= 11 is 0. The van der Waals surface area contributed by atoms with E-state index < -0.39 is 0 Å². The zero-order valence-electron chi connectivity index (χ0n) is 16.1. The van der Waals surface area contributed by atoms with E-state index in [2.05, 4.69) is 36.9 Å². The number of rotatable bonds is 5. The number of pyridine rings is 1. The SMILES string of the molecule is O=C(NCCc1cc2c(-c3cnn4ncccc34)ccnc2[nH]1)[C@H]1CCCCN1. The fraction of sp³-hybridized carbons (Fsp3) is 0.333. The molecule has 0 unspecified atom stereocenters. The van der Waals surface area contributed by atoms with Crippen molar-refractivity contribution in [3.63, 3.8) is 0 Å². The van der Waals surface area contributed by atoms with Crippen LogP contribution in [0, 0.1) is 0 Å². The smallest absolute Gasteiger partial charge is 0.237 e. The number of hydrogen-bond acceptors (Lipinski definition) is 5. The summed E-state index contributed by atoms with van der Waals surface area (Å²) < 4.78 is 1.63. The number of nitrogens with zero attached hydrogens (tertiary/aromatic N) is 4. The number of amides is 1. The standard InChI is InChI=1S/C21H23N7O/c29-21(18-4-1-2-8-22-18)24-10-6-14-12-16-15(7-11-23-20(16)27-14)17-13-26-28-19(17)5-3-9-25-28/h3,5,7,9,11-13,18,22H,1-2,4,6,8,10H2,(H,23,27)(H,24,29)/t18-/m1/s1. The molecule has 0 aromatic carbocycles. The Labute approximate surface area is 167 Å². The largest absolute Gasteiger partial charge is 0.354 e. The summed E-state index contributed by atoms with van der Waals surface area (Å²) in [4.78, 5) is 20.1. The van der Waals surface area contributed by atoms with Crippen molar-refractivity contribution in [1.82, 2.24) is 35.4 Å². The normalized spacial score (nSPS) is 17.0. The molecule has 5 heterocycles. The molecule has 1 amide bonds.